The summed E-state index contributed by atoms with van der Waals surface area (Å²) >= 11 is 0. The predicted molar refractivity (Wildman–Crippen MR) is 69.6 cm³/mol. The van der Waals surface area contributed by atoms with Gasteiger partial charge in [-0.2, -0.15) is 0 Å². The van der Waals surface area contributed by atoms with Crippen molar-refractivity contribution in [3.8, 4) is 0 Å². The lowest BCUT2D eigenvalue weighted by Crippen LogP contribution is -2.30. The quantitative estimate of drug-likeness (QED) is 0.875. The Morgan fingerprint density at radius 3 is 2.28 bits per heavy atom. The van der Waals surface area contributed by atoms with Gasteiger partial charge < -0.3 is 4.98 Å². The van der Waals surface area contributed by atoms with E-state index in [1.807, 2.05) is 6.92 Å². The first-order valence-corrected chi connectivity index (χ1v) is 7.67. The van der Waals surface area contributed by atoms with Crippen molar-refractivity contribution in [1.29, 1.82) is 0 Å². The van der Waals surface area contributed by atoms with Gasteiger partial charge >= 0.3 is 0 Å². The summed E-state index contributed by atoms with van der Waals surface area (Å²) in [5.41, 5.74) is -0.0403. The van der Waals surface area contributed by atoms with E-state index < -0.39 is 10.0 Å². The maximum Gasteiger partial charge on any atom is 0.257 e. The van der Waals surface area contributed by atoms with E-state index >= 15 is 0 Å². The van der Waals surface area contributed by atoms with Gasteiger partial charge in [-0.3, -0.25) is 0 Å². The molecule has 0 radical (unpaired) electrons. The third-order valence-corrected chi connectivity index (χ3v) is 5.86. The Hall–Kier alpha value is -0.880. The van der Waals surface area contributed by atoms with Crippen LogP contribution in [0.3, 0.4) is 0 Å². The van der Waals surface area contributed by atoms with Crippen LogP contribution in [0.4, 0.5) is 0 Å². The fourth-order valence-electron chi connectivity index (χ4n) is 2.37. The van der Waals surface area contributed by atoms with Gasteiger partial charge in [0.15, 0.2) is 5.03 Å². The SMILES string of the molecule is CCc1ncc(S(=O)(=O)NC2C(C)(C)C2(C)C)[nH]1. The monoisotopic (exact) mass is 271 g/mol. The van der Waals surface area contributed by atoms with Crippen LogP contribution in [0.5, 0.6) is 0 Å². The van der Waals surface area contributed by atoms with Gasteiger partial charge in [0.25, 0.3) is 10.0 Å². The second-order valence-electron chi connectivity index (χ2n) is 6.05. The number of sulfonamides is 1. The smallest absolute Gasteiger partial charge is 0.257 e. The minimum atomic E-state index is -3.50. The Bertz CT molecular complexity index is 544. The van der Waals surface area contributed by atoms with Crippen LogP contribution in [0.1, 0.15) is 40.4 Å². The van der Waals surface area contributed by atoms with Crippen LogP contribution in [0, 0.1) is 10.8 Å². The van der Waals surface area contributed by atoms with E-state index in [0.717, 1.165) is 0 Å². The average Bonchev–Trinajstić information content (AvgIpc) is 2.68. The molecule has 0 atom stereocenters. The molecule has 1 aliphatic carbocycles. The average molecular weight is 271 g/mol. The number of aromatic amines is 1. The summed E-state index contributed by atoms with van der Waals surface area (Å²) in [5.74, 6) is 0.685. The Kier molecular flexibility index (Phi) is 2.86. The number of nitrogens with one attached hydrogen (secondary N) is 2. The van der Waals surface area contributed by atoms with Crippen molar-refractivity contribution in [2.45, 2.75) is 52.1 Å². The molecule has 1 aromatic heterocycles. The summed E-state index contributed by atoms with van der Waals surface area (Å²) in [4.78, 5) is 6.86. The summed E-state index contributed by atoms with van der Waals surface area (Å²) in [6.45, 7) is 10.2. The lowest BCUT2D eigenvalue weighted by molar-refractivity contribution is 0.457. The maximum atomic E-state index is 12.2. The highest BCUT2D eigenvalue weighted by molar-refractivity contribution is 7.89. The molecule has 6 heteroatoms. The first kappa shape index (κ1) is 13.5. The van der Waals surface area contributed by atoms with Crippen LogP contribution in [-0.4, -0.2) is 24.4 Å². The summed E-state index contributed by atoms with van der Waals surface area (Å²) in [6, 6.07) is -0.0385. The molecule has 2 rings (SSSR count). The van der Waals surface area contributed by atoms with E-state index in [9.17, 15) is 8.42 Å². The molecule has 0 spiro atoms. The summed E-state index contributed by atoms with van der Waals surface area (Å²) < 4.78 is 27.2. The van der Waals surface area contributed by atoms with Crippen LogP contribution in [-0.2, 0) is 16.4 Å². The number of hydrogen-bond donors (Lipinski definition) is 2. The molecule has 5 nitrogen and oxygen atoms in total. The zero-order chi connectivity index (χ0) is 13.8. The van der Waals surface area contributed by atoms with E-state index in [0.29, 0.717) is 12.2 Å². The molecule has 1 heterocycles. The van der Waals surface area contributed by atoms with Gasteiger partial charge in [0.1, 0.15) is 5.82 Å². The number of rotatable bonds is 4. The Morgan fingerprint density at radius 1 is 1.33 bits per heavy atom. The molecule has 1 fully saturated rings. The molecule has 0 aromatic carbocycles. The maximum absolute atomic E-state index is 12.2. The molecule has 0 unspecified atom stereocenters. The van der Waals surface area contributed by atoms with E-state index in [-0.39, 0.29) is 21.9 Å². The highest BCUT2D eigenvalue weighted by atomic mass is 32.2. The van der Waals surface area contributed by atoms with Gasteiger partial charge in [-0.05, 0) is 10.8 Å². The molecule has 2 N–H and O–H groups in total. The van der Waals surface area contributed by atoms with Crippen molar-refractivity contribution in [2.75, 3.05) is 0 Å². The number of H-pyrrole nitrogens is 1. The fraction of sp³-hybridized carbons (Fsp3) is 0.750. The molecule has 0 bridgehead atoms. The first-order valence-electron chi connectivity index (χ1n) is 6.19. The van der Waals surface area contributed by atoms with Gasteiger partial charge in [0, 0.05) is 12.5 Å². The number of aromatic nitrogens is 2. The standard InChI is InChI=1S/C12H21N3O2S/c1-6-8-13-7-9(14-8)18(16,17)15-10-11(2,3)12(10,4)5/h7,10,15H,6H2,1-5H3,(H,13,14). The minimum absolute atomic E-state index is 0.0202. The lowest BCUT2D eigenvalue weighted by atomic mass is 10.0. The number of hydrogen-bond acceptors (Lipinski definition) is 3. The van der Waals surface area contributed by atoms with Crippen molar-refractivity contribution in [1.82, 2.24) is 14.7 Å². The predicted octanol–water partition coefficient (Wildman–Crippen LogP) is 1.68. The normalized spacial score (nSPS) is 22.1. The van der Waals surface area contributed by atoms with Crippen molar-refractivity contribution in [2.24, 2.45) is 10.8 Å². The van der Waals surface area contributed by atoms with Crippen molar-refractivity contribution in [3.05, 3.63) is 12.0 Å². The van der Waals surface area contributed by atoms with E-state index in [4.69, 9.17) is 0 Å². The van der Waals surface area contributed by atoms with Crippen molar-refractivity contribution < 1.29 is 8.42 Å². The Balaban J connectivity index is 2.19. The van der Waals surface area contributed by atoms with Crippen molar-refractivity contribution >= 4 is 10.0 Å². The Labute approximate surface area is 108 Å². The van der Waals surface area contributed by atoms with E-state index in [1.54, 1.807) is 0 Å². The van der Waals surface area contributed by atoms with Gasteiger partial charge in [0.2, 0.25) is 0 Å². The Morgan fingerprint density at radius 2 is 1.89 bits per heavy atom. The highest BCUT2D eigenvalue weighted by Crippen LogP contribution is 2.62. The number of aryl methyl sites for hydroxylation is 1. The molecule has 1 aliphatic rings. The topological polar surface area (TPSA) is 74.8 Å². The van der Waals surface area contributed by atoms with E-state index in [1.165, 1.54) is 6.20 Å². The second kappa shape index (κ2) is 3.81. The third kappa shape index (κ3) is 1.87. The van der Waals surface area contributed by atoms with Gasteiger partial charge in [0.05, 0.1) is 6.20 Å². The van der Waals surface area contributed by atoms with Gasteiger partial charge in [-0.1, -0.05) is 34.6 Å². The summed E-state index contributed by atoms with van der Waals surface area (Å²) in [6.07, 6.45) is 2.07. The van der Waals surface area contributed by atoms with Crippen LogP contribution < -0.4 is 4.72 Å². The molecular formula is C12H21N3O2S. The van der Waals surface area contributed by atoms with Crippen molar-refractivity contribution in [3.63, 3.8) is 0 Å². The molecule has 1 aromatic rings. The summed E-state index contributed by atoms with van der Waals surface area (Å²) in [7, 11) is -3.50. The summed E-state index contributed by atoms with van der Waals surface area (Å²) in [5, 5.41) is 0.151. The van der Waals surface area contributed by atoms with Crippen LogP contribution in [0.15, 0.2) is 11.2 Å². The van der Waals surface area contributed by atoms with Gasteiger partial charge in [-0.15, -0.1) is 0 Å². The molecule has 0 amide bonds. The molecule has 102 valence electrons. The fourth-order valence-corrected chi connectivity index (χ4v) is 3.84. The van der Waals surface area contributed by atoms with Crippen LogP contribution in [0.25, 0.3) is 0 Å². The number of imidazole rings is 1. The molecule has 1 saturated carbocycles. The first-order chi connectivity index (χ1) is 8.13. The second-order valence-corrected chi connectivity index (χ2v) is 7.73. The van der Waals surface area contributed by atoms with Crippen LogP contribution in [0.2, 0.25) is 0 Å². The van der Waals surface area contributed by atoms with E-state index in [2.05, 4.69) is 42.4 Å². The van der Waals surface area contributed by atoms with Gasteiger partial charge in [-0.25, -0.2) is 18.1 Å². The third-order valence-electron chi connectivity index (χ3n) is 4.52. The largest absolute Gasteiger partial charge is 0.332 e. The zero-order valence-corrected chi connectivity index (χ0v) is 12.4. The molecule has 0 saturated heterocycles. The highest BCUT2D eigenvalue weighted by Gasteiger charge is 2.66. The minimum Gasteiger partial charge on any atom is -0.332 e. The van der Waals surface area contributed by atoms with Crippen LogP contribution >= 0.6 is 0 Å². The molecule has 18 heavy (non-hydrogen) atoms. The number of nitrogens with zero attached hydrogens (tertiary/aromatic N) is 1. The molecular weight excluding hydrogens is 250 g/mol. The molecule has 0 aliphatic heterocycles. The lowest BCUT2D eigenvalue weighted by Gasteiger charge is -2.05. The zero-order valence-electron chi connectivity index (χ0n) is 11.5.